The van der Waals surface area contributed by atoms with Crippen molar-refractivity contribution in [3.63, 3.8) is 0 Å². The highest BCUT2D eigenvalue weighted by Gasteiger charge is 2.28. The number of benzene rings is 1. The minimum atomic E-state index is -1.53. The fourth-order valence-corrected chi connectivity index (χ4v) is 1.87. The number of halogens is 1. The smallest absolute Gasteiger partial charge is 0.339 e. The highest BCUT2D eigenvalue weighted by atomic mass is 19.1. The van der Waals surface area contributed by atoms with Crippen molar-refractivity contribution in [2.75, 3.05) is 20.3 Å². The Morgan fingerprint density at radius 1 is 1.42 bits per heavy atom. The van der Waals surface area contributed by atoms with Gasteiger partial charge in [0.15, 0.2) is 17.6 Å². The van der Waals surface area contributed by atoms with Crippen molar-refractivity contribution in [1.82, 2.24) is 0 Å². The molecule has 0 saturated carbocycles. The van der Waals surface area contributed by atoms with E-state index in [1.165, 1.54) is 19.1 Å². The maximum absolute atomic E-state index is 13.4. The van der Waals surface area contributed by atoms with Gasteiger partial charge in [-0.1, -0.05) is 0 Å². The zero-order valence-electron chi connectivity index (χ0n) is 10.7. The molecule has 0 fully saturated rings. The van der Waals surface area contributed by atoms with Crippen LogP contribution in [0.5, 0.6) is 11.5 Å². The van der Waals surface area contributed by atoms with Gasteiger partial charge in [0.25, 0.3) is 0 Å². The fraction of sp³-hybridized carbons (Fsp3) is 0.462. The van der Waals surface area contributed by atoms with E-state index < -0.39 is 18.2 Å². The molecule has 6 heteroatoms. The van der Waals surface area contributed by atoms with Gasteiger partial charge in [-0.15, -0.1) is 0 Å². The molecule has 0 aliphatic carbocycles. The highest BCUT2D eigenvalue weighted by molar-refractivity contribution is 5.78. The maximum atomic E-state index is 13.4. The van der Waals surface area contributed by atoms with Crippen molar-refractivity contribution in [2.24, 2.45) is 0 Å². The summed E-state index contributed by atoms with van der Waals surface area (Å²) in [5.41, 5.74) is 0.464. The normalized spacial score (nSPS) is 16.6. The Morgan fingerprint density at radius 2 is 2.11 bits per heavy atom. The summed E-state index contributed by atoms with van der Waals surface area (Å²) in [6.07, 6.45) is -2.78. The van der Waals surface area contributed by atoms with Crippen molar-refractivity contribution in [3.05, 3.63) is 23.3 Å². The van der Waals surface area contributed by atoms with Crippen LogP contribution in [-0.4, -0.2) is 31.4 Å². The lowest BCUT2D eigenvalue weighted by Gasteiger charge is -2.24. The summed E-state index contributed by atoms with van der Waals surface area (Å²) in [6, 6.07) is 2.90. The van der Waals surface area contributed by atoms with E-state index in [4.69, 9.17) is 9.47 Å². The van der Waals surface area contributed by atoms with E-state index in [1.54, 1.807) is 0 Å². The van der Waals surface area contributed by atoms with Gasteiger partial charge >= 0.3 is 5.97 Å². The summed E-state index contributed by atoms with van der Waals surface area (Å²) >= 11 is 0. The standard InChI is InChI=1S/C13H15FO5/c1-7(14)8-5-9(11(15)13(16)17-2)12-10(6-8)18-3-4-19-12/h5-7,11,15H,3-4H2,1-2H3. The maximum Gasteiger partial charge on any atom is 0.339 e. The predicted octanol–water partition coefficient (Wildman–Crippen LogP) is 1.69. The molecular weight excluding hydrogens is 255 g/mol. The molecule has 1 aromatic carbocycles. The van der Waals surface area contributed by atoms with Gasteiger partial charge < -0.3 is 19.3 Å². The first-order chi connectivity index (χ1) is 9.04. The van der Waals surface area contributed by atoms with Crippen LogP contribution >= 0.6 is 0 Å². The number of hydrogen-bond donors (Lipinski definition) is 1. The number of alkyl halides is 1. The third-order valence-electron chi connectivity index (χ3n) is 2.87. The molecule has 0 amide bonds. The molecule has 0 aromatic heterocycles. The molecule has 5 nitrogen and oxygen atoms in total. The fourth-order valence-electron chi connectivity index (χ4n) is 1.87. The minimum absolute atomic E-state index is 0.156. The molecule has 1 heterocycles. The Hall–Kier alpha value is -1.82. The highest BCUT2D eigenvalue weighted by Crippen LogP contribution is 2.40. The molecule has 0 radical (unpaired) electrons. The van der Waals surface area contributed by atoms with Crippen molar-refractivity contribution in [2.45, 2.75) is 19.2 Å². The first kappa shape index (κ1) is 13.6. The first-order valence-electron chi connectivity index (χ1n) is 5.88. The topological polar surface area (TPSA) is 65.0 Å². The number of carbonyl (C=O) groups excluding carboxylic acids is 1. The van der Waals surface area contributed by atoms with E-state index in [-0.39, 0.29) is 11.3 Å². The largest absolute Gasteiger partial charge is 0.486 e. The molecule has 19 heavy (non-hydrogen) atoms. The molecule has 1 aliphatic heterocycles. The van der Waals surface area contributed by atoms with Crippen LogP contribution in [0.1, 0.15) is 30.3 Å². The number of aliphatic hydroxyl groups excluding tert-OH is 1. The summed E-state index contributed by atoms with van der Waals surface area (Å²) in [5, 5.41) is 9.92. The second kappa shape index (κ2) is 5.44. The summed E-state index contributed by atoms with van der Waals surface area (Å²) in [5.74, 6) is -0.250. The van der Waals surface area contributed by atoms with Crippen LogP contribution < -0.4 is 9.47 Å². The number of ether oxygens (including phenoxy) is 3. The number of rotatable bonds is 3. The third kappa shape index (κ3) is 2.63. The van der Waals surface area contributed by atoms with Crippen LogP contribution in [0.25, 0.3) is 0 Å². The number of hydrogen-bond acceptors (Lipinski definition) is 5. The zero-order chi connectivity index (χ0) is 14.0. The van der Waals surface area contributed by atoms with Gasteiger partial charge in [-0.05, 0) is 24.6 Å². The number of methoxy groups -OCH3 is 1. The van der Waals surface area contributed by atoms with E-state index in [0.717, 1.165) is 7.11 Å². The average molecular weight is 270 g/mol. The second-order valence-corrected chi connectivity index (χ2v) is 4.18. The van der Waals surface area contributed by atoms with Gasteiger partial charge in [0.05, 0.1) is 7.11 Å². The molecule has 0 spiro atoms. The summed E-state index contributed by atoms with van der Waals surface area (Å²) in [7, 11) is 1.16. The zero-order valence-corrected chi connectivity index (χ0v) is 10.7. The predicted molar refractivity (Wildman–Crippen MR) is 63.9 cm³/mol. The Balaban J connectivity index is 2.50. The summed E-state index contributed by atoms with van der Waals surface area (Å²) < 4.78 is 28.7. The minimum Gasteiger partial charge on any atom is -0.486 e. The van der Waals surface area contributed by atoms with E-state index in [1.807, 2.05) is 0 Å². The van der Waals surface area contributed by atoms with E-state index in [0.29, 0.717) is 24.5 Å². The molecule has 1 aromatic rings. The molecular formula is C13H15FO5. The molecule has 0 bridgehead atoms. The lowest BCUT2D eigenvalue weighted by Crippen LogP contribution is -2.20. The van der Waals surface area contributed by atoms with Crippen molar-refractivity contribution >= 4 is 5.97 Å². The quantitative estimate of drug-likeness (QED) is 0.847. The van der Waals surface area contributed by atoms with Crippen LogP contribution in [0.15, 0.2) is 12.1 Å². The molecule has 0 saturated heterocycles. The Morgan fingerprint density at radius 3 is 2.74 bits per heavy atom. The number of fused-ring (bicyclic) bond motifs is 1. The van der Waals surface area contributed by atoms with E-state index >= 15 is 0 Å². The van der Waals surface area contributed by atoms with E-state index in [9.17, 15) is 14.3 Å². The van der Waals surface area contributed by atoms with Gasteiger partial charge in [-0.3, -0.25) is 0 Å². The second-order valence-electron chi connectivity index (χ2n) is 4.18. The van der Waals surface area contributed by atoms with E-state index in [2.05, 4.69) is 4.74 Å². The molecule has 2 rings (SSSR count). The van der Waals surface area contributed by atoms with Crippen molar-refractivity contribution < 1.29 is 28.5 Å². The summed E-state index contributed by atoms with van der Waals surface area (Å²) in [6.45, 7) is 2.00. The summed E-state index contributed by atoms with van der Waals surface area (Å²) in [4.78, 5) is 11.4. The molecule has 1 aliphatic rings. The van der Waals surface area contributed by atoms with Crippen LogP contribution in [0.3, 0.4) is 0 Å². The van der Waals surface area contributed by atoms with Gasteiger partial charge in [-0.25, -0.2) is 9.18 Å². The van der Waals surface area contributed by atoms with Crippen LogP contribution in [0.4, 0.5) is 4.39 Å². The Bertz CT molecular complexity index is 486. The molecule has 2 unspecified atom stereocenters. The van der Waals surface area contributed by atoms with Crippen molar-refractivity contribution in [1.29, 1.82) is 0 Å². The van der Waals surface area contributed by atoms with Crippen LogP contribution in [-0.2, 0) is 9.53 Å². The lowest BCUT2D eigenvalue weighted by atomic mass is 10.0. The SMILES string of the molecule is COC(=O)C(O)c1cc(C(C)F)cc2c1OCCO2. The molecule has 1 N–H and O–H groups in total. The van der Waals surface area contributed by atoms with Crippen molar-refractivity contribution in [3.8, 4) is 11.5 Å². The lowest BCUT2D eigenvalue weighted by molar-refractivity contribution is -0.150. The number of carbonyl (C=O) groups is 1. The van der Waals surface area contributed by atoms with Crippen LogP contribution in [0.2, 0.25) is 0 Å². The molecule has 104 valence electrons. The van der Waals surface area contributed by atoms with Gasteiger partial charge in [0, 0.05) is 5.56 Å². The van der Waals surface area contributed by atoms with Gasteiger partial charge in [0.2, 0.25) is 0 Å². The number of aliphatic hydroxyl groups is 1. The van der Waals surface area contributed by atoms with Crippen LogP contribution in [0, 0.1) is 0 Å². The Kier molecular flexibility index (Phi) is 3.90. The third-order valence-corrected chi connectivity index (χ3v) is 2.87. The molecule has 2 atom stereocenters. The van der Waals surface area contributed by atoms with Gasteiger partial charge in [0.1, 0.15) is 19.4 Å². The van der Waals surface area contributed by atoms with Gasteiger partial charge in [-0.2, -0.15) is 0 Å². The number of esters is 1. The monoisotopic (exact) mass is 270 g/mol. The average Bonchev–Trinajstić information content (AvgIpc) is 2.44. The first-order valence-corrected chi connectivity index (χ1v) is 5.88. The Labute approximate surface area is 109 Å².